The molecule has 1 aliphatic rings. The van der Waals surface area contributed by atoms with E-state index in [4.69, 9.17) is 4.74 Å². The molecule has 29 heavy (non-hydrogen) atoms. The standard InChI is InChI=1S/C24H32O5/c1-20-13-7-3-2-4-8-16-22(26)19-23(27)17-11-5-9-14-21(25)15-10-6-12-18-24(28)29-20/h2,4-6,8-12,14,16,18,20-21,23,25,27H,3,7,13,15,17,19H2,1H3/b4-2+,10-6+,11-5-,14-9+,16-8+,18-12-. The van der Waals surface area contributed by atoms with Gasteiger partial charge in [0.15, 0.2) is 5.78 Å². The van der Waals surface area contributed by atoms with Crippen LogP contribution >= 0.6 is 0 Å². The summed E-state index contributed by atoms with van der Waals surface area (Å²) in [5.74, 6) is -0.516. The molecule has 3 atom stereocenters. The van der Waals surface area contributed by atoms with Crippen molar-refractivity contribution in [3.05, 3.63) is 72.9 Å². The second-order valence-corrected chi connectivity index (χ2v) is 6.93. The lowest BCUT2D eigenvalue weighted by atomic mass is 10.1. The molecule has 0 bridgehead atoms. The van der Waals surface area contributed by atoms with Crippen LogP contribution in [0.25, 0.3) is 0 Å². The Balaban J connectivity index is 2.67. The van der Waals surface area contributed by atoms with Crippen molar-refractivity contribution in [2.24, 2.45) is 0 Å². The normalized spacial score (nSPS) is 32.9. The molecule has 0 spiro atoms. The molecular formula is C24H32O5. The summed E-state index contributed by atoms with van der Waals surface area (Å²) in [4.78, 5) is 23.5. The minimum absolute atomic E-state index is 0.0716. The lowest BCUT2D eigenvalue weighted by molar-refractivity contribution is -0.142. The fourth-order valence-corrected chi connectivity index (χ4v) is 2.56. The number of esters is 1. The maximum atomic E-state index is 11.8. The summed E-state index contributed by atoms with van der Waals surface area (Å²) < 4.78 is 5.30. The van der Waals surface area contributed by atoms with E-state index in [1.165, 1.54) is 12.2 Å². The molecule has 0 aromatic rings. The number of rotatable bonds is 0. The summed E-state index contributed by atoms with van der Waals surface area (Å²) in [6, 6.07) is 0. The first-order chi connectivity index (χ1) is 14.0. The van der Waals surface area contributed by atoms with Crippen LogP contribution in [-0.2, 0) is 14.3 Å². The van der Waals surface area contributed by atoms with Crippen LogP contribution in [0.5, 0.6) is 0 Å². The number of carbonyl (C=O) groups excluding carboxylic acids is 2. The molecule has 0 amide bonds. The van der Waals surface area contributed by atoms with Crippen molar-refractivity contribution in [3.8, 4) is 0 Å². The summed E-state index contributed by atoms with van der Waals surface area (Å²) >= 11 is 0. The van der Waals surface area contributed by atoms with E-state index < -0.39 is 12.2 Å². The summed E-state index contributed by atoms with van der Waals surface area (Å²) in [5, 5.41) is 19.8. The van der Waals surface area contributed by atoms with Gasteiger partial charge in [0, 0.05) is 12.5 Å². The predicted octanol–water partition coefficient (Wildman–Crippen LogP) is 3.90. The number of hydrogen-bond acceptors (Lipinski definition) is 5. The molecule has 0 saturated carbocycles. The molecular weight excluding hydrogens is 368 g/mol. The molecule has 5 heteroatoms. The molecule has 0 radical (unpaired) electrons. The smallest absolute Gasteiger partial charge is 0.331 e. The van der Waals surface area contributed by atoms with E-state index >= 15 is 0 Å². The molecule has 5 nitrogen and oxygen atoms in total. The van der Waals surface area contributed by atoms with Crippen LogP contribution in [0.2, 0.25) is 0 Å². The van der Waals surface area contributed by atoms with Crippen LogP contribution in [0.15, 0.2) is 72.9 Å². The summed E-state index contributed by atoms with van der Waals surface area (Å²) in [6.45, 7) is 1.86. The van der Waals surface area contributed by atoms with Gasteiger partial charge >= 0.3 is 5.97 Å². The average Bonchev–Trinajstić information content (AvgIpc) is 2.65. The van der Waals surface area contributed by atoms with Crippen molar-refractivity contribution in [3.63, 3.8) is 0 Å². The molecule has 0 aromatic heterocycles. The molecule has 1 heterocycles. The lowest BCUT2D eigenvalue weighted by Gasteiger charge is -2.10. The molecule has 0 aromatic carbocycles. The first kappa shape index (κ1) is 24.5. The molecule has 3 unspecified atom stereocenters. The quantitative estimate of drug-likeness (QED) is 0.603. The third-order valence-corrected chi connectivity index (χ3v) is 4.11. The van der Waals surface area contributed by atoms with E-state index in [9.17, 15) is 19.8 Å². The van der Waals surface area contributed by atoms with Crippen LogP contribution in [0.4, 0.5) is 0 Å². The van der Waals surface area contributed by atoms with E-state index in [0.717, 1.165) is 19.3 Å². The first-order valence-electron chi connectivity index (χ1n) is 10.1. The maximum absolute atomic E-state index is 11.8. The fourth-order valence-electron chi connectivity index (χ4n) is 2.56. The third kappa shape index (κ3) is 14.2. The summed E-state index contributed by atoms with van der Waals surface area (Å²) in [6.07, 6.45) is 21.9. The van der Waals surface area contributed by atoms with Gasteiger partial charge in [0.2, 0.25) is 0 Å². The van der Waals surface area contributed by atoms with Crippen molar-refractivity contribution in [2.45, 2.75) is 63.8 Å². The zero-order valence-corrected chi connectivity index (χ0v) is 17.0. The Morgan fingerprint density at radius 1 is 0.897 bits per heavy atom. The SMILES string of the molecule is CC1CCC/C=C/C=C/C(=O)CC(O)C/C=C\C=C\C(O)C/C=C/C=C\C(=O)O1. The van der Waals surface area contributed by atoms with E-state index in [2.05, 4.69) is 0 Å². The van der Waals surface area contributed by atoms with E-state index in [0.29, 0.717) is 12.8 Å². The number of aliphatic hydroxyl groups excluding tert-OH is 2. The molecule has 158 valence electrons. The van der Waals surface area contributed by atoms with Gasteiger partial charge in [-0.2, -0.15) is 0 Å². The van der Waals surface area contributed by atoms with Gasteiger partial charge in [0.1, 0.15) is 0 Å². The molecule has 1 aliphatic heterocycles. The molecule has 0 fully saturated rings. The van der Waals surface area contributed by atoms with Crippen molar-refractivity contribution >= 4 is 11.8 Å². The van der Waals surface area contributed by atoms with Crippen LogP contribution in [0.3, 0.4) is 0 Å². The molecule has 0 aliphatic carbocycles. The summed E-state index contributed by atoms with van der Waals surface area (Å²) in [5.41, 5.74) is 0. The molecule has 0 saturated heterocycles. The highest BCUT2D eigenvalue weighted by atomic mass is 16.5. The zero-order chi connectivity index (χ0) is 21.3. The number of cyclic esters (lactones) is 1. The largest absolute Gasteiger partial charge is 0.460 e. The number of allylic oxidation sites excluding steroid dienone is 8. The minimum atomic E-state index is -0.727. The number of ketones is 1. The third-order valence-electron chi connectivity index (χ3n) is 4.11. The predicted molar refractivity (Wildman–Crippen MR) is 115 cm³/mol. The van der Waals surface area contributed by atoms with Gasteiger partial charge in [-0.15, -0.1) is 0 Å². The van der Waals surface area contributed by atoms with Crippen molar-refractivity contribution in [1.82, 2.24) is 0 Å². The monoisotopic (exact) mass is 400 g/mol. The van der Waals surface area contributed by atoms with E-state index in [1.54, 1.807) is 48.6 Å². The maximum Gasteiger partial charge on any atom is 0.331 e. The number of hydrogen-bond donors (Lipinski definition) is 2. The highest BCUT2D eigenvalue weighted by Gasteiger charge is 2.07. The van der Waals surface area contributed by atoms with Gasteiger partial charge in [-0.05, 0) is 45.1 Å². The van der Waals surface area contributed by atoms with E-state index in [-0.39, 0.29) is 24.3 Å². The van der Waals surface area contributed by atoms with Crippen molar-refractivity contribution in [1.29, 1.82) is 0 Å². The lowest BCUT2D eigenvalue weighted by Crippen LogP contribution is -2.12. The molecule has 1 rings (SSSR count). The molecule has 2 N–H and O–H groups in total. The van der Waals surface area contributed by atoms with Crippen LogP contribution in [0.1, 0.15) is 45.4 Å². The Morgan fingerprint density at radius 2 is 1.59 bits per heavy atom. The highest BCUT2D eigenvalue weighted by Crippen LogP contribution is 2.07. The fraction of sp³-hybridized carbons (Fsp3) is 0.417. The Labute approximate surface area is 173 Å². The highest BCUT2D eigenvalue weighted by molar-refractivity contribution is 5.90. The van der Waals surface area contributed by atoms with Crippen LogP contribution < -0.4 is 0 Å². The Kier molecular flexibility index (Phi) is 13.1. The Hall–Kier alpha value is -2.50. The number of ether oxygens (including phenoxy) is 1. The van der Waals surface area contributed by atoms with Gasteiger partial charge in [0.25, 0.3) is 0 Å². The zero-order valence-electron chi connectivity index (χ0n) is 17.0. The second kappa shape index (κ2) is 15.4. The number of aliphatic hydroxyl groups is 2. The van der Waals surface area contributed by atoms with Gasteiger partial charge in [-0.1, -0.05) is 60.8 Å². The van der Waals surface area contributed by atoms with Crippen molar-refractivity contribution in [2.75, 3.05) is 0 Å². The van der Waals surface area contributed by atoms with Crippen LogP contribution in [0, 0.1) is 0 Å². The van der Waals surface area contributed by atoms with Crippen molar-refractivity contribution < 1.29 is 24.5 Å². The van der Waals surface area contributed by atoms with Gasteiger partial charge in [0.05, 0.1) is 18.3 Å². The van der Waals surface area contributed by atoms with Gasteiger partial charge in [-0.3, -0.25) is 4.79 Å². The number of carbonyl (C=O) groups is 2. The summed E-state index contributed by atoms with van der Waals surface area (Å²) in [7, 11) is 0. The Bertz CT molecular complexity index is 667. The van der Waals surface area contributed by atoms with Gasteiger partial charge < -0.3 is 14.9 Å². The van der Waals surface area contributed by atoms with E-state index in [1.807, 2.05) is 19.1 Å². The Morgan fingerprint density at radius 3 is 2.41 bits per heavy atom. The minimum Gasteiger partial charge on any atom is -0.460 e. The topological polar surface area (TPSA) is 83.8 Å². The van der Waals surface area contributed by atoms with Crippen LogP contribution in [-0.4, -0.2) is 40.3 Å². The average molecular weight is 401 g/mol. The second-order valence-electron chi connectivity index (χ2n) is 6.93. The first-order valence-corrected chi connectivity index (χ1v) is 10.1. The van der Waals surface area contributed by atoms with Gasteiger partial charge in [-0.25, -0.2) is 4.79 Å².